The lowest BCUT2D eigenvalue weighted by molar-refractivity contribution is 0.219. The van der Waals surface area contributed by atoms with Crippen LogP contribution in [0.4, 0.5) is 0 Å². The zero-order valence-corrected chi connectivity index (χ0v) is 12.2. The molecule has 3 heteroatoms. The summed E-state index contributed by atoms with van der Waals surface area (Å²) in [5.74, 6) is 0.940. The van der Waals surface area contributed by atoms with Gasteiger partial charge in [-0.1, -0.05) is 40.2 Å². The topological polar surface area (TPSA) is 29.5 Å². The minimum absolute atomic E-state index is 0.228. The van der Waals surface area contributed by atoms with Gasteiger partial charge in [-0.2, -0.15) is 0 Å². The van der Waals surface area contributed by atoms with Crippen LogP contribution in [-0.2, 0) is 6.42 Å². The van der Waals surface area contributed by atoms with Gasteiger partial charge in [-0.25, -0.2) is 0 Å². The first-order chi connectivity index (χ1) is 9.15. The van der Waals surface area contributed by atoms with Crippen LogP contribution in [0.25, 0.3) is 0 Å². The summed E-state index contributed by atoms with van der Waals surface area (Å²) in [6.07, 6.45) is 0.522. The molecule has 0 spiro atoms. The van der Waals surface area contributed by atoms with Crippen molar-refractivity contribution in [2.75, 3.05) is 0 Å². The van der Waals surface area contributed by atoms with Crippen molar-refractivity contribution in [3.63, 3.8) is 0 Å². The van der Waals surface area contributed by atoms with Gasteiger partial charge in [0.15, 0.2) is 0 Å². The van der Waals surface area contributed by atoms with Crippen molar-refractivity contribution in [1.82, 2.24) is 0 Å². The summed E-state index contributed by atoms with van der Waals surface area (Å²) in [5.41, 5.74) is 2.97. The van der Waals surface area contributed by atoms with E-state index in [0.717, 1.165) is 27.8 Å². The first-order valence-electron chi connectivity index (χ1n) is 6.37. The molecule has 3 rings (SSSR count). The van der Waals surface area contributed by atoms with Crippen LogP contribution >= 0.6 is 15.9 Å². The molecule has 1 heterocycles. The summed E-state index contributed by atoms with van der Waals surface area (Å²) < 4.78 is 6.60. The Hall–Kier alpha value is -1.32. The molecule has 0 saturated heterocycles. The lowest BCUT2D eigenvalue weighted by Gasteiger charge is -2.14. The first kappa shape index (κ1) is 12.7. The Labute approximate surface area is 121 Å². The normalized spacial score (nSPS) is 18.8. The standard InChI is InChI=1S/C16H15BrO2/c1-10-8-12-9-11(6-7-15(12)19-10)16(18)13-4-2-3-5-14(13)17/h2-7,9-10,16,18H,8H2,1H3. The van der Waals surface area contributed by atoms with Crippen molar-refractivity contribution >= 4 is 15.9 Å². The average Bonchev–Trinajstić information content (AvgIpc) is 2.77. The second-order valence-electron chi connectivity index (χ2n) is 4.92. The number of hydrogen-bond donors (Lipinski definition) is 1. The summed E-state index contributed by atoms with van der Waals surface area (Å²) in [4.78, 5) is 0. The Balaban J connectivity index is 1.95. The van der Waals surface area contributed by atoms with Gasteiger partial charge in [-0.15, -0.1) is 0 Å². The van der Waals surface area contributed by atoms with Crippen molar-refractivity contribution in [2.45, 2.75) is 25.6 Å². The molecule has 19 heavy (non-hydrogen) atoms. The van der Waals surface area contributed by atoms with E-state index in [1.54, 1.807) is 0 Å². The molecule has 0 aromatic heterocycles. The predicted octanol–water partition coefficient (Wildman–Crippen LogP) is 3.85. The maximum absolute atomic E-state index is 10.5. The first-order valence-corrected chi connectivity index (χ1v) is 7.16. The van der Waals surface area contributed by atoms with Crippen molar-refractivity contribution in [3.8, 4) is 5.75 Å². The average molecular weight is 319 g/mol. The molecule has 0 saturated carbocycles. The molecule has 1 aliphatic rings. The zero-order chi connectivity index (χ0) is 13.4. The van der Waals surface area contributed by atoms with Crippen LogP contribution in [-0.4, -0.2) is 11.2 Å². The monoisotopic (exact) mass is 318 g/mol. The molecule has 0 fully saturated rings. The highest BCUT2D eigenvalue weighted by Gasteiger charge is 2.21. The van der Waals surface area contributed by atoms with Gasteiger partial charge in [0, 0.05) is 10.9 Å². The smallest absolute Gasteiger partial charge is 0.123 e. The third kappa shape index (κ3) is 2.40. The Bertz CT molecular complexity index is 609. The number of aliphatic hydroxyl groups excluding tert-OH is 1. The number of hydrogen-bond acceptors (Lipinski definition) is 2. The largest absolute Gasteiger partial charge is 0.490 e. The molecule has 2 aromatic rings. The van der Waals surface area contributed by atoms with Crippen LogP contribution in [0.2, 0.25) is 0 Å². The number of ether oxygens (including phenoxy) is 1. The van der Waals surface area contributed by atoms with Gasteiger partial charge in [-0.05, 0) is 41.8 Å². The maximum atomic E-state index is 10.5. The minimum Gasteiger partial charge on any atom is -0.490 e. The molecule has 0 radical (unpaired) electrons. The zero-order valence-electron chi connectivity index (χ0n) is 10.6. The highest BCUT2D eigenvalue weighted by molar-refractivity contribution is 9.10. The second-order valence-corrected chi connectivity index (χ2v) is 5.78. The van der Waals surface area contributed by atoms with E-state index in [-0.39, 0.29) is 6.10 Å². The van der Waals surface area contributed by atoms with E-state index in [4.69, 9.17) is 4.74 Å². The van der Waals surface area contributed by atoms with Gasteiger partial charge >= 0.3 is 0 Å². The second kappa shape index (κ2) is 4.99. The van der Waals surface area contributed by atoms with Crippen molar-refractivity contribution in [1.29, 1.82) is 0 Å². The third-order valence-corrected chi connectivity index (χ3v) is 4.16. The lowest BCUT2D eigenvalue weighted by Crippen LogP contribution is -2.05. The predicted molar refractivity (Wildman–Crippen MR) is 78.4 cm³/mol. The van der Waals surface area contributed by atoms with Crippen molar-refractivity contribution in [2.24, 2.45) is 0 Å². The molecular formula is C16H15BrO2. The SMILES string of the molecule is CC1Cc2cc(C(O)c3ccccc3Br)ccc2O1. The van der Waals surface area contributed by atoms with Crippen LogP contribution in [0.15, 0.2) is 46.9 Å². The number of halogens is 1. The van der Waals surface area contributed by atoms with Gasteiger partial charge in [0.25, 0.3) is 0 Å². The molecule has 0 bridgehead atoms. The van der Waals surface area contributed by atoms with Gasteiger partial charge in [0.1, 0.15) is 18.0 Å². The number of benzene rings is 2. The van der Waals surface area contributed by atoms with E-state index >= 15 is 0 Å². The molecule has 0 aliphatic carbocycles. The third-order valence-electron chi connectivity index (χ3n) is 3.44. The summed E-state index contributed by atoms with van der Waals surface area (Å²) >= 11 is 3.48. The van der Waals surface area contributed by atoms with E-state index in [0.29, 0.717) is 0 Å². The molecule has 1 aliphatic heterocycles. The van der Waals surface area contributed by atoms with Crippen LogP contribution in [0.3, 0.4) is 0 Å². The molecule has 2 unspecified atom stereocenters. The van der Waals surface area contributed by atoms with Gasteiger partial charge in [-0.3, -0.25) is 0 Å². The fourth-order valence-corrected chi connectivity index (χ4v) is 2.99. The van der Waals surface area contributed by atoms with Crippen molar-refractivity contribution < 1.29 is 9.84 Å². The molecule has 2 atom stereocenters. The van der Waals surface area contributed by atoms with E-state index in [1.165, 1.54) is 5.56 Å². The maximum Gasteiger partial charge on any atom is 0.123 e. The van der Waals surface area contributed by atoms with Gasteiger partial charge in [0.05, 0.1) is 0 Å². The molecule has 2 aromatic carbocycles. The molecule has 98 valence electrons. The van der Waals surface area contributed by atoms with E-state index in [9.17, 15) is 5.11 Å². The lowest BCUT2D eigenvalue weighted by atomic mass is 9.98. The van der Waals surface area contributed by atoms with Crippen LogP contribution in [0, 0.1) is 0 Å². The summed E-state index contributed by atoms with van der Waals surface area (Å²) in [6.45, 7) is 2.06. The highest BCUT2D eigenvalue weighted by atomic mass is 79.9. The minimum atomic E-state index is -0.614. The summed E-state index contributed by atoms with van der Waals surface area (Å²) in [6, 6.07) is 13.7. The van der Waals surface area contributed by atoms with E-state index in [2.05, 4.69) is 22.9 Å². The fourth-order valence-electron chi connectivity index (χ4n) is 2.49. The number of aliphatic hydroxyl groups is 1. The highest BCUT2D eigenvalue weighted by Crippen LogP contribution is 2.34. The Kier molecular flexibility index (Phi) is 3.33. The molecule has 2 nitrogen and oxygen atoms in total. The van der Waals surface area contributed by atoms with Crippen molar-refractivity contribution in [3.05, 3.63) is 63.6 Å². The molecular weight excluding hydrogens is 304 g/mol. The van der Waals surface area contributed by atoms with Crippen LogP contribution in [0.1, 0.15) is 29.7 Å². The van der Waals surface area contributed by atoms with Gasteiger partial charge < -0.3 is 9.84 Å². The van der Waals surface area contributed by atoms with Crippen LogP contribution < -0.4 is 4.74 Å². The van der Waals surface area contributed by atoms with E-state index < -0.39 is 6.10 Å². The Morgan fingerprint density at radius 1 is 1.26 bits per heavy atom. The fraction of sp³-hybridized carbons (Fsp3) is 0.250. The van der Waals surface area contributed by atoms with Crippen LogP contribution in [0.5, 0.6) is 5.75 Å². The molecule has 1 N–H and O–H groups in total. The number of fused-ring (bicyclic) bond motifs is 1. The van der Waals surface area contributed by atoms with Gasteiger partial charge in [0.2, 0.25) is 0 Å². The number of rotatable bonds is 2. The summed E-state index contributed by atoms with van der Waals surface area (Å²) in [7, 11) is 0. The molecule has 0 amide bonds. The summed E-state index contributed by atoms with van der Waals surface area (Å²) in [5, 5.41) is 10.5. The Morgan fingerprint density at radius 2 is 2.05 bits per heavy atom. The van der Waals surface area contributed by atoms with E-state index in [1.807, 2.05) is 42.5 Å². The quantitative estimate of drug-likeness (QED) is 0.911. The Morgan fingerprint density at radius 3 is 2.84 bits per heavy atom.